The second-order valence-corrected chi connectivity index (χ2v) is 3.67. The van der Waals surface area contributed by atoms with Crippen molar-refractivity contribution in [3.63, 3.8) is 0 Å². The van der Waals surface area contributed by atoms with Gasteiger partial charge in [-0.15, -0.1) is 0 Å². The number of ether oxygens (including phenoxy) is 2. The fourth-order valence-corrected chi connectivity index (χ4v) is 1.56. The van der Waals surface area contributed by atoms with E-state index >= 15 is 0 Å². The summed E-state index contributed by atoms with van der Waals surface area (Å²) in [6, 6.07) is 5.00. The summed E-state index contributed by atoms with van der Waals surface area (Å²) in [6.45, 7) is 0. The van der Waals surface area contributed by atoms with Gasteiger partial charge in [0.05, 0.1) is 20.3 Å². The predicted molar refractivity (Wildman–Crippen MR) is 64.4 cm³/mol. The van der Waals surface area contributed by atoms with Gasteiger partial charge in [-0.25, -0.2) is 0 Å². The minimum absolute atomic E-state index is 0.190. The Kier molecular flexibility index (Phi) is 4.92. The molecule has 2 atom stereocenters. The second-order valence-electron chi connectivity index (χ2n) is 3.31. The summed E-state index contributed by atoms with van der Waals surface area (Å²) in [4.78, 5) is 0. The number of methoxy groups -OCH3 is 2. The number of hydrogen-bond acceptors (Lipinski definition) is 5. The summed E-state index contributed by atoms with van der Waals surface area (Å²) in [7, 11) is 3.06. The highest BCUT2D eigenvalue weighted by Crippen LogP contribution is 2.30. The van der Waals surface area contributed by atoms with Gasteiger partial charge in [0, 0.05) is 5.75 Å². The Labute approximate surface area is 100 Å². The van der Waals surface area contributed by atoms with Crippen LogP contribution in [0.2, 0.25) is 0 Å². The van der Waals surface area contributed by atoms with Gasteiger partial charge in [0.25, 0.3) is 0 Å². The Morgan fingerprint density at radius 2 is 1.81 bits per heavy atom. The summed E-state index contributed by atoms with van der Waals surface area (Å²) >= 11 is 3.93. The molecule has 0 aromatic heterocycles. The Morgan fingerprint density at radius 1 is 1.19 bits per heavy atom. The third-order valence-electron chi connectivity index (χ3n) is 2.30. The highest BCUT2D eigenvalue weighted by atomic mass is 32.1. The molecule has 16 heavy (non-hydrogen) atoms. The Bertz CT molecular complexity index is 343. The van der Waals surface area contributed by atoms with Gasteiger partial charge in [-0.05, 0) is 17.7 Å². The van der Waals surface area contributed by atoms with Crippen LogP contribution in [-0.2, 0) is 0 Å². The monoisotopic (exact) mass is 244 g/mol. The molecule has 0 saturated heterocycles. The Hall–Kier alpha value is -0.910. The van der Waals surface area contributed by atoms with Gasteiger partial charge in [0.1, 0.15) is 6.10 Å². The summed E-state index contributed by atoms with van der Waals surface area (Å²) < 4.78 is 10.2. The van der Waals surface area contributed by atoms with E-state index in [1.807, 2.05) is 0 Å². The highest BCUT2D eigenvalue weighted by Gasteiger charge is 2.18. The molecule has 0 fully saturated rings. The minimum atomic E-state index is -0.975. The number of rotatable bonds is 5. The van der Waals surface area contributed by atoms with Crippen LogP contribution < -0.4 is 9.47 Å². The van der Waals surface area contributed by atoms with E-state index in [2.05, 4.69) is 12.6 Å². The maximum atomic E-state index is 9.78. The molecule has 0 aliphatic carbocycles. The molecule has 1 rings (SSSR count). The molecular weight excluding hydrogens is 228 g/mol. The van der Waals surface area contributed by atoms with Gasteiger partial charge >= 0.3 is 0 Å². The summed E-state index contributed by atoms with van der Waals surface area (Å²) in [6.07, 6.45) is -1.88. The largest absolute Gasteiger partial charge is 0.493 e. The van der Waals surface area contributed by atoms with E-state index in [1.54, 1.807) is 18.2 Å². The van der Waals surface area contributed by atoms with Crippen LogP contribution in [0.1, 0.15) is 11.7 Å². The van der Waals surface area contributed by atoms with Crippen molar-refractivity contribution in [1.29, 1.82) is 0 Å². The molecule has 0 bridgehead atoms. The molecule has 0 radical (unpaired) electrons. The molecule has 0 heterocycles. The standard InChI is InChI=1S/C11H16O4S/c1-14-9-4-3-7(5-10(9)15-2)11(13)8(12)6-16/h3-5,8,11-13,16H,6H2,1-2H3. The molecule has 0 aliphatic rings. The third-order valence-corrected chi connectivity index (χ3v) is 2.67. The highest BCUT2D eigenvalue weighted by molar-refractivity contribution is 7.80. The summed E-state index contributed by atoms with van der Waals surface area (Å²) in [5.41, 5.74) is 0.569. The molecule has 4 nitrogen and oxygen atoms in total. The summed E-state index contributed by atoms with van der Waals surface area (Å²) in [5.74, 6) is 1.29. The molecule has 1 aromatic carbocycles. The van der Waals surface area contributed by atoms with Crippen LogP contribution in [0.3, 0.4) is 0 Å². The average molecular weight is 244 g/mol. The number of benzene rings is 1. The van der Waals surface area contributed by atoms with Gasteiger partial charge in [0.15, 0.2) is 11.5 Å². The third kappa shape index (κ3) is 2.81. The molecule has 2 unspecified atom stereocenters. The molecule has 0 amide bonds. The molecular formula is C11H16O4S. The van der Waals surface area contributed by atoms with Crippen molar-refractivity contribution < 1.29 is 19.7 Å². The quantitative estimate of drug-likeness (QED) is 0.677. The lowest BCUT2D eigenvalue weighted by molar-refractivity contribution is 0.0336. The molecule has 0 spiro atoms. The van der Waals surface area contributed by atoms with Gasteiger partial charge in [0.2, 0.25) is 0 Å². The van der Waals surface area contributed by atoms with Crippen LogP contribution in [0.25, 0.3) is 0 Å². The Balaban J connectivity index is 2.98. The van der Waals surface area contributed by atoms with E-state index < -0.39 is 12.2 Å². The molecule has 2 N–H and O–H groups in total. The zero-order chi connectivity index (χ0) is 12.1. The van der Waals surface area contributed by atoms with Crippen molar-refractivity contribution >= 4 is 12.6 Å². The van der Waals surface area contributed by atoms with Crippen molar-refractivity contribution in [2.45, 2.75) is 12.2 Å². The van der Waals surface area contributed by atoms with Crippen molar-refractivity contribution in [3.8, 4) is 11.5 Å². The summed E-state index contributed by atoms with van der Waals surface area (Å²) in [5, 5.41) is 19.2. The fourth-order valence-electron chi connectivity index (χ4n) is 1.36. The number of aliphatic hydroxyl groups is 2. The van der Waals surface area contributed by atoms with Crippen LogP contribution in [0.5, 0.6) is 11.5 Å². The van der Waals surface area contributed by atoms with Gasteiger partial charge < -0.3 is 19.7 Å². The molecule has 90 valence electrons. The zero-order valence-corrected chi connectivity index (χ0v) is 10.1. The van der Waals surface area contributed by atoms with Gasteiger partial charge in [-0.2, -0.15) is 12.6 Å². The van der Waals surface area contributed by atoms with E-state index in [4.69, 9.17) is 9.47 Å². The van der Waals surface area contributed by atoms with Crippen LogP contribution in [0.4, 0.5) is 0 Å². The van der Waals surface area contributed by atoms with Crippen LogP contribution >= 0.6 is 12.6 Å². The van der Waals surface area contributed by atoms with Crippen molar-refractivity contribution in [2.75, 3.05) is 20.0 Å². The lowest BCUT2D eigenvalue weighted by Gasteiger charge is -2.17. The van der Waals surface area contributed by atoms with Gasteiger partial charge in [-0.3, -0.25) is 0 Å². The lowest BCUT2D eigenvalue weighted by atomic mass is 10.0. The minimum Gasteiger partial charge on any atom is -0.493 e. The van der Waals surface area contributed by atoms with Crippen LogP contribution in [0.15, 0.2) is 18.2 Å². The first kappa shape index (κ1) is 13.2. The van der Waals surface area contributed by atoms with E-state index in [1.165, 1.54) is 14.2 Å². The Morgan fingerprint density at radius 3 is 2.31 bits per heavy atom. The second kappa shape index (κ2) is 5.98. The predicted octanol–water partition coefficient (Wildman–Crippen LogP) is 1.03. The smallest absolute Gasteiger partial charge is 0.161 e. The zero-order valence-electron chi connectivity index (χ0n) is 9.25. The van der Waals surface area contributed by atoms with Gasteiger partial charge in [-0.1, -0.05) is 6.07 Å². The SMILES string of the molecule is COc1ccc(C(O)C(O)CS)cc1OC. The maximum absolute atomic E-state index is 9.78. The van der Waals surface area contributed by atoms with Crippen LogP contribution in [-0.4, -0.2) is 36.3 Å². The van der Waals surface area contributed by atoms with E-state index in [0.717, 1.165) is 0 Å². The first-order valence-corrected chi connectivity index (χ1v) is 5.46. The number of hydrogen-bond donors (Lipinski definition) is 3. The topological polar surface area (TPSA) is 58.9 Å². The van der Waals surface area contributed by atoms with E-state index in [-0.39, 0.29) is 5.75 Å². The van der Waals surface area contributed by atoms with E-state index in [9.17, 15) is 10.2 Å². The van der Waals surface area contributed by atoms with E-state index in [0.29, 0.717) is 17.1 Å². The maximum Gasteiger partial charge on any atom is 0.161 e. The van der Waals surface area contributed by atoms with Crippen molar-refractivity contribution in [3.05, 3.63) is 23.8 Å². The molecule has 0 saturated carbocycles. The average Bonchev–Trinajstić information content (AvgIpc) is 2.35. The molecule has 5 heteroatoms. The normalized spacial score (nSPS) is 14.3. The number of aliphatic hydroxyl groups excluding tert-OH is 2. The number of thiol groups is 1. The van der Waals surface area contributed by atoms with Crippen molar-refractivity contribution in [2.24, 2.45) is 0 Å². The lowest BCUT2D eigenvalue weighted by Crippen LogP contribution is -2.19. The molecule has 0 aliphatic heterocycles. The first-order chi connectivity index (χ1) is 7.63. The molecule has 1 aromatic rings. The first-order valence-electron chi connectivity index (χ1n) is 4.83. The van der Waals surface area contributed by atoms with Crippen LogP contribution in [0, 0.1) is 0 Å². The van der Waals surface area contributed by atoms with Crippen molar-refractivity contribution in [1.82, 2.24) is 0 Å². The fraction of sp³-hybridized carbons (Fsp3) is 0.455.